The normalized spacial score (nSPS) is 21.2. The van der Waals surface area contributed by atoms with Crippen molar-refractivity contribution in [1.82, 2.24) is 41.7 Å². The summed E-state index contributed by atoms with van der Waals surface area (Å²) in [5.41, 5.74) is 2.04. The van der Waals surface area contributed by atoms with Crippen molar-refractivity contribution < 1.29 is 33.6 Å². The van der Waals surface area contributed by atoms with Crippen molar-refractivity contribution in [2.75, 3.05) is 26.7 Å². The molecule has 4 heterocycles. The SMILES string of the molecule is CCC(CC)C(=O)N[C@@H]1CN2[C@@H](CC[C@@H]1CCCc1ccccc1)CC[C@H]2C(=O)NC(C(=O)NCCCCCCCCCC(=O)C(NC(=O)[C@@H]1CC[C@@H]2CC[C@H](CNCc3ccccc3)[C@H](CC(=O)[C@H](CC)NC)C(=O)N21)(c1ccccc1)c1ccccc1)(c1ccccc1)c1ccccc1. The highest BCUT2D eigenvalue weighted by atomic mass is 16.2. The molecule has 15 nitrogen and oxygen atoms in total. The van der Waals surface area contributed by atoms with Crippen LogP contribution >= 0.6 is 0 Å². The lowest BCUT2D eigenvalue weighted by Crippen LogP contribution is -2.61. The minimum absolute atomic E-state index is 0.00520. The van der Waals surface area contributed by atoms with Gasteiger partial charge in [0.2, 0.25) is 23.6 Å². The number of ketones is 2. The molecule has 4 aliphatic heterocycles. The molecule has 9 atom stereocenters. The maximum Gasteiger partial charge on any atom is 0.255 e. The Labute approximate surface area is 601 Å². The van der Waals surface area contributed by atoms with Gasteiger partial charge in [0, 0.05) is 62.4 Å². The highest BCUT2D eigenvalue weighted by Crippen LogP contribution is 2.41. The molecule has 0 aliphatic carbocycles. The molecule has 538 valence electrons. The number of rotatable bonds is 37. The zero-order valence-electron chi connectivity index (χ0n) is 60.4. The van der Waals surface area contributed by atoms with Crippen LogP contribution in [0.2, 0.25) is 0 Å². The van der Waals surface area contributed by atoms with E-state index < -0.39 is 29.1 Å². The third-order valence-corrected chi connectivity index (χ3v) is 22.9. The van der Waals surface area contributed by atoms with E-state index >= 15 is 24.0 Å². The smallest absolute Gasteiger partial charge is 0.255 e. The van der Waals surface area contributed by atoms with E-state index in [2.05, 4.69) is 93.1 Å². The van der Waals surface area contributed by atoms with E-state index in [1.54, 1.807) is 11.9 Å². The van der Waals surface area contributed by atoms with E-state index in [-0.39, 0.29) is 95.9 Å². The number of unbranched alkanes of at least 4 members (excludes halogenated alkanes) is 6. The van der Waals surface area contributed by atoms with Crippen molar-refractivity contribution in [3.05, 3.63) is 215 Å². The van der Waals surface area contributed by atoms with Gasteiger partial charge in [-0.25, -0.2) is 0 Å². The molecule has 0 saturated carbocycles. The van der Waals surface area contributed by atoms with Crippen molar-refractivity contribution >= 4 is 41.1 Å². The summed E-state index contributed by atoms with van der Waals surface area (Å²) in [7, 11) is 1.78. The van der Waals surface area contributed by atoms with E-state index in [1.165, 1.54) is 5.56 Å². The largest absolute Gasteiger partial charge is 0.353 e. The molecule has 10 rings (SSSR count). The van der Waals surface area contributed by atoms with Gasteiger partial charge in [-0.15, -0.1) is 0 Å². The summed E-state index contributed by atoms with van der Waals surface area (Å²) < 4.78 is 0. The van der Waals surface area contributed by atoms with Gasteiger partial charge in [-0.3, -0.25) is 38.5 Å². The number of nitrogens with zero attached hydrogens (tertiary/aromatic N) is 2. The van der Waals surface area contributed by atoms with Gasteiger partial charge < -0.3 is 36.8 Å². The number of hydrogen-bond donors (Lipinski definition) is 6. The molecule has 0 aromatic heterocycles. The van der Waals surface area contributed by atoms with Crippen LogP contribution in [0.15, 0.2) is 182 Å². The molecule has 6 aromatic rings. The summed E-state index contributed by atoms with van der Waals surface area (Å²) in [6.45, 7) is 8.31. The molecule has 0 radical (unpaired) electrons. The third-order valence-electron chi connectivity index (χ3n) is 22.9. The maximum atomic E-state index is 15.4. The van der Waals surface area contributed by atoms with E-state index in [1.807, 2.05) is 146 Å². The summed E-state index contributed by atoms with van der Waals surface area (Å²) in [5, 5.41) is 20.4. The Morgan fingerprint density at radius 1 is 0.515 bits per heavy atom. The van der Waals surface area contributed by atoms with Crippen LogP contribution in [0.4, 0.5) is 0 Å². The molecule has 5 amide bonds. The molecular weight excluding hydrogens is 1260 g/mol. The fraction of sp³-hybridized carbons (Fsp3) is 0.500. The topological polar surface area (TPSA) is 198 Å². The first-order valence-electron chi connectivity index (χ1n) is 38.4. The van der Waals surface area contributed by atoms with Gasteiger partial charge in [0.15, 0.2) is 17.1 Å². The van der Waals surface area contributed by atoms with Gasteiger partial charge in [0.1, 0.15) is 11.6 Å². The number of benzene rings is 6. The number of fused-ring (bicyclic) bond motifs is 2. The van der Waals surface area contributed by atoms with Crippen molar-refractivity contribution in [2.24, 2.45) is 23.7 Å². The number of amides is 5. The number of carbonyl (C=O) groups excluding carboxylic acids is 7. The van der Waals surface area contributed by atoms with Crippen LogP contribution in [0.3, 0.4) is 0 Å². The Morgan fingerprint density at radius 2 is 1.00 bits per heavy atom. The molecule has 0 bridgehead atoms. The first-order valence-corrected chi connectivity index (χ1v) is 38.4. The maximum absolute atomic E-state index is 15.4. The first kappa shape index (κ1) is 75.6. The second-order valence-electron chi connectivity index (χ2n) is 29.1. The Morgan fingerprint density at radius 3 is 1.57 bits per heavy atom. The number of likely N-dealkylation sites (N-methyl/N-ethyl adjacent to an activating group) is 1. The van der Waals surface area contributed by atoms with E-state index in [0.29, 0.717) is 87.0 Å². The van der Waals surface area contributed by atoms with E-state index in [9.17, 15) is 9.59 Å². The lowest BCUT2D eigenvalue weighted by molar-refractivity contribution is -0.146. The zero-order valence-corrected chi connectivity index (χ0v) is 60.4. The summed E-state index contributed by atoms with van der Waals surface area (Å²) in [4.78, 5) is 109. The minimum atomic E-state index is -1.53. The fourth-order valence-electron chi connectivity index (χ4n) is 17.1. The molecule has 4 fully saturated rings. The zero-order chi connectivity index (χ0) is 71.0. The van der Waals surface area contributed by atoms with Gasteiger partial charge in [0.25, 0.3) is 5.91 Å². The van der Waals surface area contributed by atoms with Crippen LogP contribution in [0.1, 0.15) is 195 Å². The van der Waals surface area contributed by atoms with Gasteiger partial charge in [-0.2, -0.15) is 0 Å². The molecule has 101 heavy (non-hydrogen) atoms. The standard InChI is InChI=1S/C86H112N8O7/c1-5-64(6-2)80(97)90-75-61-93-71(51-49-65(75)39-33-38-62-34-19-13-20-35-62)53-55-76(93)81(98)92-86(69-44-27-17-28-45-69,70-46-29-18-30-47-70)84(101)89-57-32-12-10-8-9-11-31-48-79(96)85(67-40-23-15-24-41-67,68-42-25-16-26-43-68)91-82(99)77-56-54-72-52-50-66(60-88-59-63-36-21-14-22-37-63)73(83(100)94(72)77)58-78(95)74(7-3)87-4/h13-30,34-37,40-47,64-66,71-77,87-88H,5-12,31-33,38-39,48-61H2,1-4H3,(H,89,101)(H,90,97)(H,91,99)(H,92,98)/t65-,66+,71-,72-,73-,74-,75+,76-,77-/m0/s1. The summed E-state index contributed by atoms with van der Waals surface area (Å²) in [6, 6.07) is 57.2. The molecule has 4 saturated heterocycles. The molecule has 0 spiro atoms. The summed E-state index contributed by atoms with van der Waals surface area (Å²) in [6.07, 6.45) is 17.2. The highest BCUT2D eigenvalue weighted by molar-refractivity contribution is 6.00. The van der Waals surface area contributed by atoms with Crippen LogP contribution in [-0.4, -0.2) is 114 Å². The van der Waals surface area contributed by atoms with Gasteiger partial charge in [0.05, 0.1) is 12.1 Å². The Hall–Kier alpha value is -8.11. The van der Waals surface area contributed by atoms with E-state index in [4.69, 9.17) is 0 Å². The van der Waals surface area contributed by atoms with Crippen molar-refractivity contribution in [1.29, 1.82) is 0 Å². The van der Waals surface area contributed by atoms with Crippen molar-refractivity contribution in [3.8, 4) is 0 Å². The molecule has 4 aliphatic rings. The minimum Gasteiger partial charge on any atom is -0.353 e. The quantitative estimate of drug-likeness (QED) is 0.0204. The van der Waals surface area contributed by atoms with E-state index in [0.717, 1.165) is 102 Å². The Kier molecular flexibility index (Phi) is 28.2. The number of aryl methyl sites for hydroxylation is 1. The number of hydrogen-bond acceptors (Lipinski definition) is 10. The number of Topliss-reactive ketones (excluding diaryl/α,β-unsaturated/α-hetero) is 2. The van der Waals surface area contributed by atoms with Crippen LogP contribution < -0.4 is 31.9 Å². The van der Waals surface area contributed by atoms with Crippen LogP contribution in [0, 0.1) is 23.7 Å². The Bertz CT molecular complexity index is 3500. The van der Waals surface area contributed by atoms with Gasteiger partial charge in [-0.05, 0) is 162 Å². The number of nitrogens with one attached hydrogen (secondary N) is 6. The summed E-state index contributed by atoms with van der Waals surface area (Å²) >= 11 is 0. The second kappa shape index (κ2) is 37.7. The molecule has 6 N–H and O–H groups in total. The lowest BCUT2D eigenvalue weighted by Gasteiger charge is -2.38. The van der Waals surface area contributed by atoms with Crippen LogP contribution in [0.5, 0.6) is 0 Å². The van der Waals surface area contributed by atoms with Crippen LogP contribution in [-0.2, 0) is 57.6 Å². The monoisotopic (exact) mass is 1370 g/mol. The molecular formula is C86H112N8O7. The molecule has 15 heteroatoms. The highest BCUT2D eigenvalue weighted by Gasteiger charge is 2.52. The van der Waals surface area contributed by atoms with Crippen LogP contribution in [0.25, 0.3) is 0 Å². The van der Waals surface area contributed by atoms with Crippen molar-refractivity contribution in [3.63, 3.8) is 0 Å². The first-order chi connectivity index (χ1) is 49.3. The second-order valence-corrected chi connectivity index (χ2v) is 29.1. The average Bonchev–Trinajstić information content (AvgIpc) is 1.56. The fourth-order valence-corrected chi connectivity index (χ4v) is 17.1. The molecule has 6 aromatic carbocycles. The van der Waals surface area contributed by atoms with Gasteiger partial charge >= 0.3 is 0 Å². The molecule has 0 unspecified atom stereocenters. The average molecular weight is 1370 g/mol. The third kappa shape index (κ3) is 18.8. The lowest BCUT2D eigenvalue weighted by atomic mass is 9.77. The Balaban J connectivity index is 0.766. The van der Waals surface area contributed by atoms with Crippen molar-refractivity contribution in [2.45, 2.75) is 222 Å². The van der Waals surface area contributed by atoms with Gasteiger partial charge in [-0.1, -0.05) is 235 Å². The predicted octanol–water partition coefficient (Wildman–Crippen LogP) is 13.2. The number of carbonyl (C=O) groups is 7. The summed E-state index contributed by atoms with van der Waals surface area (Å²) in [5.74, 6) is -1.58. The predicted molar refractivity (Wildman–Crippen MR) is 401 cm³/mol.